The second kappa shape index (κ2) is 3.62. The van der Waals surface area contributed by atoms with E-state index in [0.717, 1.165) is 29.6 Å². The van der Waals surface area contributed by atoms with Gasteiger partial charge < -0.3 is 15.4 Å². The highest BCUT2D eigenvalue weighted by atomic mass is 16.5. The largest absolute Gasteiger partial charge is 0.458 e. The van der Waals surface area contributed by atoms with Gasteiger partial charge in [0, 0.05) is 5.70 Å². The Balaban J connectivity index is 2.37. The van der Waals surface area contributed by atoms with Crippen molar-refractivity contribution >= 4 is 5.69 Å². The Labute approximate surface area is 83.8 Å². The molecular formula is C11H14N2O. The smallest absolute Gasteiger partial charge is 0.150 e. The lowest BCUT2D eigenvalue weighted by Gasteiger charge is -2.19. The van der Waals surface area contributed by atoms with Crippen LogP contribution in [0.1, 0.15) is 13.8 Å². The number of anilines is 1. The standard InChI is InChI=1S/C11H14N2O/c1-8-9(2)14-11-6-4-3-5-10(11)13-7-12-8/h3-6,12-13H,7H2,1-2H3/b9-8-. The zero-order chi connectivity index (χ0) is 9.97. The first-order chi connectivity index (χ1) is 6.77. The van der Waals surface area contributed by atoms with Gasteiger partial charge in [0.05, 0.1) is 12.4 Å². The van der Waals surface area contributed by atoms with Crippen molar-refractivity contribution in [1.82, 2.24) is 5.32 Å². The summed E-state index contributed by atoms with van der Waals surface area (Å²) in [7, 11) is 0. The zero-order valence-electron chi connectivity index (χ0n) is 8.42. The van der Waals surface area contributed by atoms with Crippen LogP contribution in [0.15, 0.2) is 35.7 Å². The number of hydrogen-bond acceptors (Lipinski definition) is 3. The molecule has 1 aromatic carbocycles. The quantitative estimate of drug-likeness (QED) is 0.658. The predicted octanol–water partition coefficient (Wildman–Crippen LogP) is 2.29. The Hall–Kier alpha value is -1.64. The molecule has 0 aliphatic carbocycles. The van der Waals surface area contributed by atoms with Crippen LogP contribution in [0.5, 0.6) is 5.75 Å². The minimum absolute atomic E-state index is 0.726. The molecule has 0 fully saturated rings. The highest BCUT2D eigenvalue weighted by molar-refractivity contribution is 5.57. The first-order valence-electron chi connectivity index (χ1n) is 4.69. The van der Waals surface area contributed by atoms with Crippen LogP contribution in [0.3, 0.4) is 0 Å². The summed E-state index contributed by atoms with van der Waals surface area (Å²) in [6, 6.07) is 7.93. The van der Waals surface area contributed by atoms with E-state index < -0.39 is 0 Å². The summed E-state index contributed by atoms with van der Waals surface area (Å²) in [6.45, 7) is 4.69. The number of rotatable bonds is 0. The van der Waals surface area contributed by atoms with Crippen LogP contribution in [0.2, 0.25) is 0 Å². The van der Waals surface area contributed by atoms with Crippen LogP contribution in [-0.4, -0.2) is 6.67 Å². The van der Waals surface area contributed by atoms with Gasteiger partial charge in [-0.05, 0) is 26.0 Å². The molecule has 14 heavy (non-hydrogen) atoms. The van der Waals surface area contributed by atoms with Crippen molar-refractivity contribution in [1.29, 1.82) is 0 Å². The van der Waals surface area contributed by atoms with E-state index in [2.05, 4.69) is 10.6 Å². The highest BCUT2D eigenvalue weighted by Gasteiger charge is 2.08. The molecule has 1 heterocycles. The van der Waals surface area contributed by atoms with Gasteiger partial charge in [0.2, 0.25) is 0 Å². The first-order valence-corrected chi connectivity index (χ1v) is 4.69. The molecule has 0 saturated carbocycles. The van der Waals surface area contributed by atoms with Crippen LogP contribution in [-0.2, 0) is 0 Å². The number of hydrogen-bond donors (Lipinski definition) is 2. The van der Waals surface area contributed by atoms with Gasteiger partial charge in [-0.2, -0.15) is 0 Å². The van der Waals surface area contributed by atoms with Gasteiger partial charge in [0.1, 0.15) is 11.5 Å². The monoisotopic (exact) mass is 190 g/mol. The number of ether oxygens (including phenoxy) is 1. The van der Waals surface area contributed by atoms with Crippen LogP contribution < -0.4 is 15.4 Å². The van der Waals surface area contributed by atoms with Gasteiger partial charge in [-0.3, -0.25) is 0 Å². The second-order valence-electron chi connectivity index (χ2n) is 3.31. The van der Waals surface area contributed by atoms with E-state index in [1.54, 1.807) is 0 Å². The Morgan fingerprint density at radius 1 is 1.14 bits per heavy atom. The molecule has 3 heteroatoms. The molecule has 0 atom stereocenters. The Morgan fingerprint density at radius 3 is 2.79 bits per heavy atom. The van der Waals surface area contributed by atoms with Crippen molar-refractivity contribution in [2.75, 3.05) is 12.0 Å². The minimum atomic E-state index is 0.726. The van der Waals surface area contributed by atoms with Crippen LogP contribution >= 0.6 is 0 Å². The fourth-order valence-electron chi connectivity index (χ4n) is 1.34. The topological polar surface area (TPSA) is 33.3 Å². The lowest BCUT2D eigenvalue weighted by molar-refractivity contribution is 0.413. The van der Waals surface area contributed by atoms with Gasteiger partial charge in [-0.25, -0.2) is 0 Å². The molecule has 2 N–H and O–H groups in total. The van der Waals surface area contributed by atoms with E-state index in [-0.39, 0.29) is 0 Å². The summed E-state index contributed by atoms with van der Waals surface area (Å²) in [4.78, 5) is 0. The Morgan fingerprint density at radius 2 is 1.93 bits per heavy atom. The van der Waals surface area contributed by atoms with E-state index in [1.807, 2.05) is 38.1 Å². The number of fused-ring (bicyclic) bond motifs is 1. The Bertz CT molecular complexity index is 371. The zero-order valence-corrected chi connectivity index (χ0v) is 8.42. The van der Waals surface area contributed by atoms with Crippen molar-refractivity contribution in [2.24, 2.45) is 0 Å². The number of benzene rings is 1. The summed E-state index contributed by atoms with van der Waals surface area (Å²) in [6.07, 6.45) is 0. The maximum Gasteiger partial charge on any atom is 0.150 e. The average Bonchev–Trinajstić information content (AvgIpc) is 2.18. The molecule has 0 bridgehead atoms. The van der Waals surface area contributed by atoms with Gasteiger partial charge >= 0.3 is 0 Å². The molecule has 1 aliphatic rings. The van der Waals surface area contributed by atoms with Crippen molar-refractivity contribution < 1.29 is 4.74 Å². The fourth-order valence-corrected chi connectivity index (χ4v) is 1.34. The summed E-state index contributed by atoms with van der Waals surface area (Å²) < 4.78 is 5.70. The molecule has 0 spiro atoms. The van der Waals surface area contributed by atoms with Crippen LogP contribution in [0.4, 0.5) is 5.69 Å². The molecule has 0 amide bonds. The van der Waals surface area contributed by atoms with Gasteiger partial charge in [0.15, 0.2) is 0 Å². The fraction of sp³-hybridized carbons (Fsp3) is 0.273. The second-order valence-corrected chi connectivity index (χ2v) is 3.31. The van der Waals surface area contributed by atoms with E-state index >= 15 is 0 Å². The molecule has 0 radical (unpaired) electrons. The van der Waals surface area contributed by atoms with E-state index in [1.165, 1.54) is 0 Å². The number of nitrogens with one attached hydrogen (secondary N) is 2. The molecule has 0 aromatic heterocycles. The Kier molecular flexibility index (Phi) is 2.31. The summed E-state index contributed by atoms with van der Waals surface area (Å²) in [5.74, 6) is 1.80. The van der Waals surface area contributed by atoms with Crippen molar-refractivity contribution in [3.8, 4) is 5.75 Å². The number of allylic oxidation sites excluding steroid dienone is 2. The average molecular weight is 190 g/mol. The molecule has 1 aliphatic heterocycles. The third-order valence-electron chi connectivity index (χ3n) is 2.31. The molecule has 74 valence electrons. The summed E-state index contributed by atoms with van der Waals surface area (Å²) in [5, 5.41) is 6.46. The van der Waals surface area contributed by atoms with Crippen molar-refractivity contribution in [2.45, 2.75) is 13.8 Å². The summed E-state index contributed by atoms with van der Waals surface area (Å²) >= 11 is 0. The third kappa shape index (κ3) is 1.66. The van der Waals surface area contributed by atoms with E-state index in [0.29, 0.717) is 0 Å². The SMILES string of the molecule is C/C1=C(\C)Oc2ccccc2NCN1. The van der Waals surface area contributed by atoms with E-state index in [4.69, 9.17) is 4.74 Å². The third-order valence-corrected chi connectivity index (χ3v) is 2.31. The molecule has 3 nitrogen and oxygen atoms in total. The van der Waals surface area contributed by atoms with E-state index in [9.17, 15) is 0 Å². The molecule has 2 rings (SSSR count). The number of para-hydroxylation sites is 2. The molecule has 0 saturated heterocycles. The maximum atomic E-state index is 5.70. The van der Waals surface area contributed by atoms with Crippen molar-refractivity contribution in [3.05, 3.63) is 35.7 Å². The summed E-state index contributed by atoms with van der Waals surface area (Å²) in [5.41, 5.74) is 2.08. The van der Waals surface area contributed by atoms with Gasteiger partial charge in [-0.15, -0.1) is 0 Å². The van der Waals surface area contributed by atoms with Crippen molar-refractivity contribution in [3.63, 3.8) is 0 Å². The van der Waals surface area contributed by atoms with Gasteiger partial charge in [-0.1, -0.05) is 12.1 Å². The molecule has 1 aromatic rings. The minimum Gasteiger partial charge on any atom is -0.458 e. The lowest BCUT2D eigenvalue weighted by atomic mass is 10.3. The van der Waals surface area contributed by atoms with Crippen LogP contribution in [0, 0.1) is 0 Å². The molecular weight excluding hydrogens is 176 g/mol. The molecule has 0 unspecified atom stereocenters. The predicted molar refractivity (Wildman–Crippen MR) is 57.1 cm³/mol. The van der Waals surface area contributed by atoms with Crippen LogP contribution in [0.25, 0.3) is 0 Å². The normalized spacial score (nSPS) is 20.7. The highest BCUT2D eigenvalue weighted by Crippen LogP contribution is 2.26. The van der Waals surface area contributed by atoms with Gasteiger partial charge in [0.25, 0.3) is 0 Å². The lowest BCUT2D eigenvalue weighted by Crippen LogP contribution is -2.24. The first kappa shape index (κ1) is 8.94. The maximum absolute atomic E-state index is 5.70.